The first-order chi connectivity index (χ1) is 7.00. The Bertz CT molecular complexity index is 411. The van der Waals surface area contributed by atoms with Crippen molar-refractivity contribution in [3.63, 3.8) is 0 Å². The Hall–Kier alpha value is -1.49. The van der Waals surface area contributed by atoms with Crippen molar-refractivity contribution in [2.45, 2.75) is 11.8 Å². The topological polar surface area (TPSA) is 60.2 Å². The molecule has 5 heteroatoms. The van der Waals surface area contributed by atoms with Crippen LogP contribution in [-0.2, 0) is 10.8 Å². The molecule has 1 aromatic carbocycles. The van der Waals surface area contributed by atoms with E-state index in [1.165, 1.54) is 24.3 Å². The van der Waals surface area contributed by atoms with Gasteiger partial charge in [0.1, 0.15) is 0 Å². The quantitative estimate of drug-likeness (QED) is 0.448. The normalized spacial score (nSPS) is 12.1. The molecule has 1 unspecified atom stereocenters. The Morgan fingerprint density at radius 1 is 1.47 bits per heavy atom. The molecule has 80 valence electrons. The molecule has 0 saturated heterocycles. The minimum atomic E-state index is -1.16. The average Bonchev–Trinajstić information content (AvgIpc) is 2.17. The van der Waals surface area contributed by atoms with Gasteiger partial charge in [0.25, 0.3) is 5.69 Å². The summed E-state index contributed by atoms with van der Waals surface area (Å²) in [5.41, 5.74) is 0.831. The third kappa shape index (κ3) is 3.28. The van der Waals surface area contributed by atoms with Gasteiger partial charge in [-0.25, -0.2) is 0 Å². The van der Waals surface area contributed by atoms with Gasteiger partial charge in [0.05, 0.1) is 15.7 Å². The molecule has 15 heavy (non-hydrogen) atoms. The fraction of sp³-hybridized carbons (Fsp3) is 0.200. The van der Waals surface area contributed by atoms with E-state index in [-0.39, 0.29) is 5.69 Å². The average molecular weight is 225 g/mol. The molecule has 0 spiro atoms. The lowest BCUT2D eigenvalue weighted by Crippen LogP contribution is -1.98. The molecule has 0 aromatic heterocycles. The van der Waals surface area contributed by atoms with E-state index in [0.29, 0.717) is 10.6 Å². The number of nitro benzene ring substituents is 1. The highest BCUT2D eigenvalue weighted by atomic mass is 32.2. The molecule has 0 aliphatic rings. The molecular formula is C10H11NO3S. The number of nitrogens with zero attached hydrogens (tertiary/aromatic N) is 1. The first-order valence-corrected chi connectivity index (χ1v) is 5.60. The largest absolute Gasteiger partial charge is 0.269 e. The van der Waals surface area contributed by atoms with E-state index in [2.05, 4.69) is 6.58 Å². The van der Waals surface area contributed by atoms with Crippen LogP contribution < -0.4 is 0 Å². The second-order valence-corrected chi connectivity index (χ2v) is 4.65. The molecular weight excluding hydrogens is 214 g/mol. The second-order valence-electron chi connectivity index (χ2n) is 3.20. The van der Waals surface area contributed by atoms with Gasteiger partial charge in [0.15, 0.2) is 0 Å². The molecule has 0 amide bonds. The van der Waals surface area contributed by atoms with E-state index >= 15 is 0 Å². The molecule has 0 heterocycles. The SMILES string of the molecule is C=C(C)CS(=O)c1ccc([N+](=O)[O-])cc1. The van der Waals surface area contributed by atoms with Crippen LogP contribution in [0.3, 0.4) is 0 Å². The van der Waals surface area contributed by atoms with Crippen molar-refractivity contribution in [3.05, 3.63) is 46.5 Å². The van der Waals surface area contributed by atoms with Gasteiger partial charge in [0, 0.05) is 22.8 Å². The first-order valence-electron chi connectivity index (χ1n) is 4.28. The van der Waals surface area contributed by atoms with Crippen LogP contribution in [0.1, 0.15) is 6.92 Å². The first kappa shape index (κ1) is 11.6. The summed E-state index contributed by atoms with van der Waals surface area (Å²) in [6, 6.07) is 5.73. The van der Waals surface area contributed by atoms with Gasteiger partial charge in [0.2, 0.25) is 0 Å². The highest BCUT2D eigenvalue weighted by molar-refractivity contribution is 7.85. The van der Waals surface area contributed by atoms with Gasteiger partial charge < -0.3 is 0 Å². The van der Waals surface area contributed by atoms with Crippen molar-refractivity contribution in [1.82, 2.24) is 0 Å². The highest BCUT2D eigenvalue weighted by Crippen LogP contribution is 2.15. The maximum atomic E-state index is 11.6. The van der Waals surface area contributed by atoms with Crippen LogP contribution >= 0.6 is 0 Å². The summed E-state index contributed by atoms with van der Waals surface area (Å²) in [6.45, 7) is 5.46. The Kier molecular flexibility index (Phi) is 3.74. The Morgan fingerprint density at radius 3 is 2.40 bits per heavy atom. The van der Waals surface area contributed by atoms with E-state index in [9.17, 15) is 14.3 Å². The zero-order valence-electron chi connectivity index (χ0n) is 8.30. The summed E-state index contributed by atoms with van der Waals surface area (Å²) >= 11 is 0. The third-order valence-corrected chi connectivity index (χ3v) is 3.24. The minimum Gasteiger partial charge on any atom is -0.258 e. The van der Waals surface area contributed by atoms with Crippen molar-refractivity contribution in [2.75, 3.05) is 5.75 Å². The number of non-ortho nitro benzene ring substituents is 1. The van der Waals surface area contributed by atoms with E-state index in [4.69, 9.17) is 0 Å². The summed E-state index contributed by atoms with van der Waals surface area (Å²) in [7, 11) is -1.16. The van der Waals surface area contributed by atoms with Crippen molar-refractivity contribution < 1.29 is 9.13 Å². The summed E-state index contributed by atoms with van der Waals surface area (Å²) in [6.07, 6.45) is 0. The summed E-state index contributed by atoms with van der Waals surface area (Å²) < 4.78 is 11.6. The molecule has 0 fully saturated rings. The number of rotatable bonds is 4. The minimum absolute atomic E-state index is 0.00563. The van der Waals surface area contributed by atoms with Gasteiger partial charge in [-0.15, -0.1) is 0 Å². The van der Waals surface area contributed by atoms with Crippen LogP contribution in [0.5, 0.6) is 0 Å². The smallest absolute Gasteiger partial charge is 0.258 e. The van der Waals surface area contributed by atoms with Crippen LogP contribution in [0, 0.1) is 10.1 Å². The molecule has 0 bridgehead atoms. The molecule has 0 aliphatic carbocycles. The van der Waals surface area contributed by atoms with Crippen molar-refractivity contribution in [1.29, 1.82) is 0 Å². The van der Waals surface area contributed by atoms with Crippen LogP contribution in [0.4, 0.5) is 5.69 Å². The zero-order chi connectivity index (χ0) is 11.4. The molecule has 1 atom stereocenters. The van der Waals surface area contributed by atoms with Crippen molar-refractivity contribution >= 4 is 16.5 Å². The zero-order valence-corrected chi connectivity index (χ0v) is 9.12. The number of benzene rings is 1. The van der Waals surface area contributed by atoms with E-state index < -0.39 is 15.7 Å². The molecule has 4 nitrogen and oxygen atoms in total. The fourth-order valence-electron chi connectivity index (χ4n) is 1.03. The Labute approximate surface area is 90.2 Å². The van der Waals surface area contributed by atoms with Gasteiger partial charge in [-0.2, -0.15) is 0 Å². The molecule has 0 N–H and O–H groups in total. The number of nitro groups is 1. The van der Waals surface area contributed by atoms with E-state index in [1.54, 1.807) is 6.92 Å². The van der Waals surface area contributed by atoms with E-state index in [0.717, 1.165) is 5.57 Å². The Morgan fingerprint density at radius 2 is 2.00 bits per heavy atom. The lowest BCUT2D eigenvalue weighted by Gasteiger charge is -2.00. The number of hydrogen-bond acceptors (Lipinski definition) is 3. The molecule has 0 aliphatic heterocycles. The molecule has 0 saturated carbocycles. The standard InChI is InChI=1S/C10H11NO3S/c1-8(2)7-15(14)10-5-3-9(4-6-10)11(12)13/h3-6H,1,7H2,2H3. The highest BCUT2D eigenvalue weighted by Gasteiger charge is 2.07. The maximum Gasteiger partial charge on any atom is 0.269 e. The number of hydrogen-bond donors (Lipinski definition) is 0. The van der Waals surface area contributed by atoms with E-state index in [1.807, 2.05) is 0 Å². The third-order valence-electron chi connectivity index (χ3n) is 1.69. The molecule has 0 radical (unpaired) electrons. The summed E-state index contributed by atoms with van der Waals surface area (Å²) in [5.74, 6) is 0.387. The predicted octanol–water partition coefficient (Wildman–Crippen LogP) is 2.28. The van der Waals surface area contributed by atoms with Gasteiger partial charge in [-0.1, -0.05) is 12.2 Å². The van der Waals surface area contributed by atoms with Crippen LogP contribution in [0.25, 0.3) is 0 Å². The molecule has 1 rings (SSSR count). The van der Waals surface area contributed by atoms with Crippen LogP contribution in [0.2, 0.25) is 0 Å². The van der Waals surface area contributed by atoms with Gasteiger partial charge in [-0.3, -0.25) is 14.3 Å². The maximum absolute atomic E-state index is 11.6. The predicted molar refractivity (Wildman–Crippen MR) is 59.2 cm³/mol. The van der Waals surface area contributed by atoms with Gasteiger partial charge >= 0.3 is 0 Å². The lowest BCUT2D eigenvalue weighted by molar-refractivity contribution is -0.384. The lowest BCUT2D eigenvalue weighted by atomic mass is 10.3. The molecule has 1 aromatic rings. The van der Waals surface area contributed by atoms with Crippen molar-refractivity contribution in [3.8, 4) is 0 Å². The van der Waals surface area contributed by atoms with Gasteiger partial charge in [-0.05, 0) is 19.1 Å². The second kappa shape index (κ2) is 4.84. The summed E-state index contributed by atoms with van der Waals surface area (Å²) in [5, 5.41) is 10.4. The summed E-state index contributed by atoms with van der Waals surface area (Å²) in [4.78, 5) is 10.5. The Balaban J connectivity index is 2.84. The monoisotopic (exact) mass is 225 g/mol. The fourth-order valence-corrected chi connectivity index (χ4v) is 2.08. The van der Waals surface area contributed by atoms with Crippen LogP contribution in [-0.4, -0.2) is 14.9 Å². The van der Waals surface area contributed by atoms with Crippen molar-refractivity contribution in [2.24, 2.45) is 0 Å². The van der Waals surface area contributed by atoms with Crippen LogP contribution in [0.15, 0.2) is 41.3 Å².